The minimum atomic E-state index is 0.261. The first-order valence-electron chi connectivity index (χ1n) is 7.33. The molecule has 2 aromatic rings. The Morgan fingerprint density at radius 3 is 2.62 bits per heavy atom. The van der Waals surface area contributed by atoms with Gasteiger partial charge in [0, 0.05) is 30.9 Å². The molecular weight excluding hydrogens is 264 g/mol. The number of rotatable bonds is 7. The minimum absolute atomic E-state index is 0.261. The molecule has 0 atom stereocenters. The second kappa shape index (κ2) is 7.57. The van der Waals surface area contributed by atoms with Gasteiger partial charge in [0.15, 0.2) is 0 Å². The van der Waals surface area contributed by atoms with Crippen LogP contribution in [-0.4, -0.2) is 21.6 Å². The summed E-state index contributed by atoms with van der Waals surface area (Å²) in [6, 6.07) is 5.81. The lowest BCUT2D eigenvalue weighted by molar-refractivity contribution is 0.303. The van der Waals surface area contributed by atoms with Gasteiger partial charge in [-0.05, 0) is 24.1 Å². The fraction of sp³-hybridized carbons (Fsp3) is 0.438. The van der Waals surface area contributed by atoms with Crippen LogP contribution in [0, 0.1) is 0 Å². The number of aromatic nitrogens is 3. The molecule has 0 saturated heterocycles. The van der Waals surface area contributed by atoms with Crippen LogP contribution in [0.5, 0.6) is 5.88 Å². The van der Waals surface area contributed by atoms with Gasteiger partial charge < -0.3 is 10.1 Å². The van der Waals surface area contributed by atoms with Gasteiger partial charge in [-0.25, -0.2) is 4.98 Å². The van der Waals surface area contributed by atoms with Crippen molar-refractivity contribution >= 4 is 5.82 Å². The molecule has 0 aliphatic rings. The van der Waals surface area contributed by atoms with E-state index in [-0.39, 0.29) is 5.92 Å². The topological polar surface area (TPSA) is 59.9 Å². The SMILES string of the molecule is CCCOc1cc(NCc2ccncc2)nc(C(C)C)n1. The van der Waals surface area contributed by atoms with Crippen molar-refractivity contribution in [3.63, 3.8) is 0 Å². The van der Waals surface area contributed by atoms with Crippen LogP contribution >= 0.6 is 0 Å². The summed E-state index contributed by atoms with van der Waals surface area (Å²) >= 11 is 0. The summed E-state index contributed by atoms with van der Waals surface area (Å²) < 4.78 is 5.64. The first-order valence-corrected chi connectivity index (χ1v) is 7.33. The van der Waals surface area contributed by atoms with Crippen LogP contribution in [0.1, 0.15) is 44.5 Å². The van der Waals surface area contributed by atoms with E-state index >= 15 is 0 Å². The van der Waals surface area contributed by atoms with Gasteiger partial charge in [0.25, 0.3) is 0 Å². The van der Waals surface area contributed by atoms with Crippen molar-refractivity contribution in [3.8, 4) is 5.88 Å². The van der Waals surface area contributed by atoms with Gasteiger partial charge in [-0.15, -0.1) is 0 Å². The Balaban J connectivity index is 2.11. The van der Waals surface area contributed by atoms with Gasteiger partial charge in [0.2, 0.25) is 5.88 Å². The monoisotopic (exact) mass is 286 g/mol. The number of nitrogens with zero attached hydrogens (tertiary/aromatic N) is 3. The van der Waals surface area contributed by atoms with E-state index in [4.69, 9.17) is 4.74 Å². The number of pyridine rings is 1. The molecule has 2 aromatic heterocycles. The molecule has 0 fully saturated rings. The predicted octanol–water partition coefficient (Wildman–Crippen LogP) is 3.40. The zero-order chi connectivity index (χ0) is 15.1. The van der Waals surface area contributed by atoms with Gasteiger partial charge in [0.1, 0.15) is 11.6 Å². The summed E-state index contributed by atoms with van der Waals surface area (Å²) in [5.41, 5.74) is 1.16. The zero-order valence-electron chi connectivity index (χ0n) is 12.8. The fourth-order valence-corrected chi connectivity index (χ4v) is 1.77. The quantitative estimate of drug-likeness (QED) is 0.845. The van der Waals surface area contributed by atoms with Crippen molar-refractivity contribution in [2.24, 2.45) is 0 Å². The Labute approximate surface area is 125 Å². The van der Waals surface area contributed by atoms with E-state index in [2.05, 4.69) is 41.0 Å². The van der Waals surface area contributed by atoms with E-state index in [1.165, 1.54) is 0 Å². The number of nitrogens with one attached hydrogen (secondary N) is 1. The molecule has 0 aliphatic heterocycles. The van der Waals surface area contributed by atoms with Crippen molar-refractivity contribution in [2.75, 3.05) is 11.9 Å². The lowest BCUT2D eigenvalue weighted by Gasteiger charge is -2.12. The standard InChI is InChI=1S/C16H22N4O/c1-4-9-21-15-10-14(19-16(20-15)12(2)3)18-11-13-5-7-17-8-6-13/h5-8,10,12H,4,9,11H2,1-3H3,(H,18,19,20). The molecule has 2 rings (SSSR count). The molecule has 0 aromatic carbocycles. The molecule has 0 bridgehead atoms. The van der Waals surface area contributed by atoms with Crippen LogP contribution < -0.4 is 10.1 Å². The lowest BCUT2D eigenvalue weighted by Crippen LogP contribution is -2.08. The van der Waals surface area contributed by atoms with Gasteiger partial charge in [0.05, 0.1) is 6.61 Å². The lowest BCUT2D eigenvalue weighted by atomic mass is 10.2. The Morgan fingerprint density at radius 1 is 1.19 bits per heavy atom. The molecule has 5 heteroatoms. The summed E-state index contributed by atoms with van der Waals surface area (Å²) in [6.45, 7) is 7.59. The van der Waals surface area contributed by atoms with E-state index in [0.717, 1.165) is 23.6 Å². The summed E-state index contributed by atoms with van der Waals surface area (Å²) in [6.07, 6.45) is 4.53. The van der Waals surface area contributed by atoms with Crippen molar-refractivity contribution in [3.05, 3.63) is 42.0 Å². The molecule has 0 radical (unpaired) electrons. The van der Waals surface area contributed by atoms with E-state index in [1.54, 1.807) is 12.4 Å². The van der Waals surface area contributed by atoms with Gasteiger partial charge in [-0.2, -0.15) is 4.98 Å². The minimum Gasteiger partial charge on any atom is -0.478 e. The van der Waals surface area contributed by atoms with Crippen LogP contribution in [0.3, 0.4) is 0 Å². The Morgan fingerprint density at radius 2 is 1.95 bits per heavy atom. The van der Waals surface area contributed by atoms with E-state index in [0.29, 0.717) is 19.0 Å². The summed E-state index contributed by atoms with van der Waals surface area (Å²) in [5, 5.41) is 3.31. The largest absolute Gasteiger partial charge is 0.478 e. The molecule has 0 amide bonds. The number of hydrogen-bond donors (Lipinski definition) is 1. The molecule has 0 saturated carbocycles. The molecule has 2 heterocycles. The second-order valence-electron chi connectivity index (χ2n) is 5.16. The van der Waals surface area contributed by atoms with Crippen LogP contribution in [-0.2, 0) is 6.54 Å². The normalized spacial score (nSPS) is 10.7. The first-order chi connectivity index (χ1) is 10.2. The third-order valence-electron chi connectivity index (χ3n) is 2.91. The first kappa shape index (κ1) is 15.2. The van der Waals surface area contributed by atoms with E-state index < -0.39 is 0 Å². The molecule has 0 aliphatic carbocycles. The summed E-state index contributed by atoms with van der Waals surface area (Å²) in [4.78, 5) is 13.0. The summed E-state index contributed by atoms with van der Waals surface area (Å²) in [7, 11) is 0. The zero-order valence-corrected chi connectivity index (χ0v) is 12.8. The Hall–Kier alpha value is -2.17. The molecule has 1 N–H and O–H groups in total. The van der Waals surface area contributed by atoms with Crippen molar-refractivity contribution in [1.82, 2.24) is 15.0 Å². The van der Waals surface area contributed by atoms with Crippen molar-refractivity contribution in [1.29, 1.82) is 0 Å². The predicted molar refractivity (Wildman–Crippen MR) is 83.5 cm³/mol. The smallest absolute Gasteiger partial charge is 0.218 e. The van der Waals surface area contributed by atoms with E-state index in [9.17, 15) is 0 Å². The molecule has 5 nitrogen and oxygen atoms in total. The molecule has 112 valence electrons. The molecular formula is C16H22N4O. The van der Waals surface area contributed by atoms with Crippen molar-refractivity contribution < 1.29 is 4.74 Å². The van der Waals surface area contributed by atoms with Gasteiger partial charge in [-0.1, -0.05) is 20.8 Å². The highest BCUT2D eigenvalue weighted by Gasteiger charge is 2.09. The van der Waals surface area contributed by atoms with Crippen LogP contribution in [0.4, 0.5) is 5.82 Å². The molecule has 0 spiro atoms. The highest BCUT2D eigenvalue weighted by molar-refractivity contribution is 5.39. The van der Waals surface area contributed by atoms with Crippen molar-refractivity contribution in [2.45, 2.75) is 39.7 Å². The summed E-state index contributed by atoms with van der Waals surface area (Å²) in [5.74, 6) is 2.47. The van der Waals surface area contributed by atoms with Crippen LogP contribution in [0.25, 0.3) is 0 Å². The fourth-order valence-electron chi connectivity index (χ4n) is 1.77. The molecule has 0 unspecified atom stereocenters. The van der Waals surface area contributed by atoms with Crippen LogP contribution in [0.2, 0.25) is 0 Å². The highest BCUT2D eigenvalue weighted by Crippen LogP contribution is 2.19. The average Bonchev–Trinajstić information content (AvgIpc) is 2.51. The second-order valence-corrected chi connectivity index (χ2v) is 5.16. The van der Waals surface area contributed by atoms with E-state index in [1.807, 2.05) is 18.2 Å². The number of anilines is 1. The maximum Gasteiger partial charge on any atom is 0.218 e. The molecule has 21 heavy (non-hydrogen) atoms. The average molecular weight is 286 g/mol. The Kier molecular flexibility index (Phi) is 5.49. The van der Waals surface area contributed by atoms with Gasteiger partial charge in [-0.3, -0.25) is 4.98 Å². The maximum atomic E-state index is 5.64. The maximum absolute atomic E-state index is 5.64. The third-order valence-corrected chi connectivity index (χ3v) is 2.91. The number of ether oxygens (including phenoxy) is 1. The third kappa shape index (κ3) is 4.70. The van der Waals surface area contributed by atoms with Crippen LogP contribution in [0.15, 0.2) is 30.6 Å². The highest BCUT2D eigenvalue weighted by atomic mass is 16.5. The van der Waals surface area contributed by atoms with Gasteiger partial charge >= 0.3 is 0 Å². The number of hydrogen-bond acceptors (Lipinski definition) is 5. The Bertz CT molecular complexity index is 557.